The van der Waals surface area contributed by atoms with Crippen molar-refractivity contribution in [3.63, 3.8) is 0 Å². The molecule has 0 atom stereocenters. The molecule has 0 unspecified atom stereocenters. The van der Waals surface area contributed by atoms with Gasteiger partial charge in [-0.3, -0.25) is 9.48 Å². The van der Waals surface area contributed by atoms with Gasteiger partial charge in [0.2, 0.25) is 0 Å². The van der Waals surface area contributed by atoms with Crippen LogP contribution in [0.2, 0.25) is 0 Å². The minimum atomic E-state index is -0.280. The van der Waals surface area contributed by atoms with Gasteiger partial charge in [0, 0.05) is 12.2 Å². The number of hydrogen-bond donors (Lipinski definition) is 0. The first-order valence-electron chi connectivity index (χ1n) is 7.52. The average molecular weight is 306 g/mol. The summed E-state index contributed by atoms with van der Waals surface area (Å²) in [5.74, 6) is 0.297. The van der Waals surface area contributed by atoms with Crippen molar-refractivity contribution in [2.75, 3.05) is 0 Å². The first kappa shape index (κ1) is 16.1. The number of aromatic nitrogens is 6. The molecular formula is C14H22N6O2. The zero-order valence-corrected chi connectivity index (χ0v) is 13.3. The summed E-state index contributed by atoms with van der Waals surface area (Å²) in [6.45, 7) is 7.35. The van der Waals surface area contributed by atoms with E-state index in [0.717, 1.165) is 30.8 Å². The van der Waals surface area contributed by atoms with Crippen LogP contribution < -0.4 is 0 Å². The average Bonchev–Trinajstić information content (AvgIpc) is 3.06. The van der Waals surface area contributed by atoms with Crippen molar-refractivity contribution in [1.29, 1.82) is 0 Å². The van der Waals surface area contributed by atoms with E-state index in [9.17, 15) is 4.79 Å². The summed E-state index contributed by atoms with van der Waals surface area (Å²) in [6.07, 6.45) is 2.32. The molecule has 0 radical (unpaired) electrons. The van der Waals surface area contributed by atoms with E-state index in [4.69, 9.17) is 4.74 Å². The third-order valence-electron chi connectivity index (χ3n) is 3.32. The molecule has 8 nitrogen and oxygen atoms in total. The van der Waals surface area contributed by atoms with Gasteiger partial charge in [0.05, 0.1) is 18.7 Å². The van der Waals surface area contributed by atoms with Gasteiger partial charge in [-0.1, -0.05) is 13.3 Å². The molecule has 2 aromatic rings. The van der Waals surface area contributed by atoms with Gasteiger partial charge in [0.15, 0.2) is 12.4 Å². The molecule has 0 N–H and O–H groups in total. The Kier molecular flexibility index (Phi) is 5.62. The van der Waals surface area contributed by atoms with Crippen LogP contribution >= 0.6 is 0 Å². The van der Waals surface area contributed by atoms with Crippen LogP contribution in [-0.4, -0.2) is 36.0 Å². The molecule has 0 saturated heterocycles. The van der Waals surface area contributed by atoms with Crippen molar-refractivity contribution in [2.24, 2.45) is 0 Å². The summed E-state index contributed by atoms with van der Waals surface area (Å²) in [6, 6.07) is 1.98. The number of carbonyl (C=O) groups is 1. The van der Waals surface area contributed by atoms with Gasteiger partial charge in [-0.25, -0.2) is 4.68 Å². The lowest BCUT2D eigenvalue weighted by molar-refractivity contribution is -0.145. The van der Waals surface area contributed by atoms with E-state index in [2.05, 4.69) is 27.5 Å². The van der Waals surface area contributed by atoms with Gasteiger partial charge in [-0.2, -0.15) is 5.10 Å². The fourth-order valence-corrected chi connectivity index (χ4v) is 2.12. The summed E-state index contributed by atoms with van der Waals surface area (Å²) < 4.78 is 8.72. The topological polar surface area (TPSA) is 87.7 Å². The molecule has 0 bridgehead atoms. The van der Waals surface area contributed by atoms with Crippen LogP contribution in [-0.2, 0) is 29.2 Å². The Bertz CT molecular complexity index is 619. The standard InChI is InChI=1S/C14H22N6O2/c1-4-5-7-20-13(15-17-18-20)10-22-14(21)6-8-19-12(3)9-11(2)16-19/h9H,4-8,10H2,1-3H3. The van der Waals surface area contributed by atoms with E-state index in [0.29, 0.717) is 12.4 Å². The van der Waals surface area contributed by atoms with Crippen LogP contribution in [0, 0.1) is 13.8 Å². The van der Waals surface area contributed by atoms with Crippen LogP contribution in [0.5, 0.6) is 0 Å². The van der Waals surface area contributed by atoms with Gasteiger partial charge < -0.3 is 4.74 Å². The first-order chi connectivity index (χ1) is 10.6. The van der Waals surface area contributed by atoms with Gasteiger partial charge in [-0.15, -0.1) is 5.10 Å². The van der Waals surface area contributed by atoms with Crippen molar-refractivity contribution in [1.82, 2.24) is 30.0 Å². The van der Waals surface area contributed by atoms with Crippen LogP contribution in [0.25, 0.3) is 0 Å². The maximum absolute atomic E-state index is 11.8. The molecule has 0 spiro atoms. The van der Waals surface area contributed by atoms with Crippen LogP contribution in [0.15, 0.2) is 6.07 Å². The number of hydrogen-bond acceptors (Lipinski definition) is 6. The van der Waals surface area contributed by atoms with Gasteiger partial charge in [0.25, 0.3) is 0 Å². The van der Waals surface area contributed by atoms with E-state index in [1.54, 1.807) is 4.68 Å². The summed E-state index contributed by atoms with van der Waals surface area (Å²) in [7, 11) is 0. The number of tetrazole rings is 1. The maximum atomic E-state index is 11.8. The number of ether oxygens (including phenoxy) is 1. The molecule has 120 valence electrons. The Morgan fingerprint density at radius 3 is 2.77 bits per heavy atom. The largest absolute Gasteiger partial charge is 0.457 e. The van der Waals surface area contributed by atoms with Crippen molar-refractivity contribution in [3.8, 4) is 0 Å². The second-order valence-electron chi connectivity index (χ2n) is 5.23. The lowest BCUT2D eigenvalue weighted by atomic mass is 10.3. The third kappa shape index (κ3) is 4.37. The number of aryl methyl sites for hydroxylation is 4. The summed E-state index contributed by atoms with van der Waals surface area (Å²) >= 11 is 0. The summed E-state index contributed by atoms with van der Waals surface area (Å²) in [5.41, 5.74) is 1.98. The van der Waals surface area contributed by atoms with Gasteiger partial charge in [-0.05, 0) is 36.8 Å². The van der Waals surface area contributed by atoms with Crippen molar-refractivity contribution >= 4 is 5.97 Å². The van der Waals surface area contributed by atoms with E-state index < -0.39 is 0 Å². The third-order valence-corrected chi connectivity index (χ3v) is 3.32. The normalized spacial score (nSPS) is 10.9. The fraction of sp³-hybridized carbons (Fsp3) is 0.643. The summed E-state index contributed by atoms with van der Waals surface area (Å²) in [4.78, 5) is 11.8. The molecule has 0 aliphatic rings. The molecule has 2 aromatic heterocycles. The fourth-order valence-electron chi connectivity index (χ4n) is 2.12. The van der Waals surface area contributed by atoms with E-state index in [1.807, 2.05) is 24.6 Å². The zero-order chi connectivity index (χ0) is 15.9. The SMILES string of the molecule is CCCCn1nnnc1COC(=O)CCn1nc(C)cc1C. The Hall–Kier alpha value is -2.25. The number of nitrogens with zero attached hydrogens (tertiary/aromatic N) is 6. The lowest BCUT2D eigenvalue weighted by Gasteiger charge is -2.06. The predicted octanol–water partition coefficient (Wildman–Crippen LogP) is 1.42. The molecule has 2 heterocycles. The van der Waals surface area contributed by atoms with Gasteiger partial charge >= 0.3 is 5.97 Å². The highest BCUT2D eigenvalue weighted by molar-refractivity contribution is 5.69. The zero-order valence-electron chi connectivity index (χ0n) is 13.3. The van der Waals surface area contributed by atoms with Crippen LogP contribution in [0.1, 0.15) is 43.4 Å². The number of rotatable bonds is 8. The number of esters is 1. The number of unbranched alkanes of at least 4 members (excludes halogenated alkanes) is 1. The van der Waals surface area contributed by atoms with Crippen molar-refractivity contribution in [3.05, 3.63) is 23.3 Å². The molecule has 22 heavy (non-hydrogen) atoms. The van der Waals surface area contributed by atoms with Crippen LogP contribution in [0.4, 0.5) is 0 Å². The highest BCUT2D eigenvalue weighted by Crippen LogP contribution is 2.04. The number of carbonyl (C=O) groups excluding carboxylic acids is 1. The van der Waals surface area contributed by atoms with E-state index in [-0.39, 0.29) is 19.0 Å². The highest BCUT2D eigenvalue weighted by Gasteiger charge is 2.10. The highest BCUT2D eigenvalue weighted by atomic mass is 16.5. The lowest BCUT2D eigenvalue weighted by Crippen LogP contribution is -2.13. The molecule has 0 aliphatic heterocycles. The van der Waals surface area contributed by atoms with Gasteiger partial charge in [0.1, 0.15) is 0 Å². The molecular weight excluding hydrogens is 284 g/mol. The molecule has 8 heteroatoms. The smallest absolute Gasteiger partial charge is 0.308 e. The second-order valence-corrected chi connectivity index (χ2v) is 5.23. The first-order valence-corrected chi connectivity index (χ1v) is 7.52. The van der Waals surface area contributed by atoms with Crippen LogP contribution in [0.3, 0.4) is 0 Å². The second kappa shape index (κ2) is 7.67. The molecule has 0 saturated carbocycles. The Morgan fingerprint density at radius 1 is 1.27 bits per heavy atom. The van der Waals surface area contributed by atoms with Crippen molar-refractivity contribution < 1.29 is 9.53 Å². The predicted molar refractivity (Wildman–Crippen MR) is 78.8 cm³/mol. The summed E-state index contributed by atoms with van der Waals surface area (Å²) in [5, 5.41) is 15.7. The molecule has 0 aromatic carbocycles. The maximum Gasteiger partial charge on any atom is 0.308 e. The monoisotopic (exact) mass is 306 g/mol. The van der Waals surface area contributed by atoms with E-state index >= 15 is 0 Å². The minimum absolute atomic E-state index is 0.104. The minimum Gasteiger partial charge on any atom is -0.457 e. The van der Waals surface area contributed by atoms with E-state index in [1.165, 1.54) is 0 Å². The molecule has 0 amide bonds. The Labute approximate surface area is 129 Å². The molecule has 0 fully saturated rings. The van der Waals surface area contributed by atoms with Crippen molar-refractivity contribution in [2.45, 2.75) is 59.7 Å². The molecule has 2 rings (SSSR count). The quantitative estimate of drug-likeness (QED) is 0.685. The molecule has 0 aliphatic carbocycles. The Balaban J connectivity index is 1.78. The Morgan fingerprint density at radius 2 is 2.09 bits per heavy atom.